The van der Waals surface area contributed by atoms with E-state index in [0.717, 1.165) is 25.3 Å². The van der Waals surface area contributed by atoms with Crippen molar-refractivity contribution in [3.05, 3.63) is 34.1 Å². The third kappa shape index (κ3) is 2.68. The Morgan fingerprint density at radius 3 is 2.63 bits per heavy atom. The molecule has 0 radical (unpaired) electrons. The quantitative estimate of drug-likeness (QED) is 0.658. The van der Waals surface area contributed by atoms with E-state index >= 15 is 0 Å². The Hall–Kier alpha value is -1.69. The fraction of sp³-hybridized carbons (Fsp3) is 0.538. The number of anilines is 1. The second kappa shape index (κ2) is 5.13. The highest BCUT2D eigenvalue weighted by Gasteiger charge is 2.39. The standard InChI is InChI=1S/C13H18FN3O2/c1-16(2)13(6-3-7-13)9-15-11-8-10(14)4-5-12(11)17(18)19/h4-5,8,15H,3,6-7,9H2,1-2H3. The minimum Gasteiger partial charge on any atom is -0.378 e. The Balaban J connectivity index is 2.15. The zero-order valence-electron chi connectivity index (χ0n) is 11.1. The van der Waals surface area contributed by atoms with Crippen LogP contribution in [0.25, 0.3) is 0 Å². The van der Waals surface area contributed by atoms with Crippen LogP contribution in [0.1, 0.15) is 19.3 Å². The predicted molar refractivity (Wildman–Crippen MR) is 71.8 cm³/mol. The van der Waals surface area contributed by atoms with Crippen molar-refractivity contribution < 1.29 is 9.31 Å². The molecule has 1 aliphatic rings. The maximum atomic E-state index is 13.2. The summed E-state index contributed by atoms with van der Waals surface area (Å²) in [5.41, 5.74) is 0.188. The van der Waals surface area contributed by atoms with Gasteiger partial charge in [-0.15, -0.1) is 0 Å². The van der Waals surface area contributed by atoms with Gasteiger partial charge in [0, 0.05) is 24.2 Å². The highest BCUT2D eigenvalue weighted by atomic mass is 19.1. The van der Waals surface area contributed by atoms with Crippen LogP contribution in [0.15, 0.2) is 18.2 Å². The van der Waals surface area contributed by atoms with E-state index in [0.29, 0.717) is 6.54 Å². The van der Waals surface area contributed by atoms with Crippen LogP contribution in [0.5, 0.6) is 0 Å². The molecule has 5 nitrogen and oxygen atoms in total. The maximum absolute atomic E-state index is 13.2. The molecule has 0 bridgehead atoms. The first-order valence-corrected chi connectivity index (χ1v) is 6.30. The third-order valence-electron chi connectivity index (χ3n) is 4.00. The number of hydrogen-bond donors (Lipinski definition) is 1. The molecule has 1 fully saturated rings. The lowest BCUT2D eigenvalue weighted by atomic mass is 9.75. The van der Waals surface area contributed by atoms with Gasteiger partial charge >= 0.3 is 0 Å². The maximum Gasteiger partial charge on any atom is 0.292 e. The van der Waals surface area contributed by atoms with Crippen LogP contribution in [0, 0.1) is 15.9 Å². The van der Waals surface area contributed by atoms with E-state index in [-0.39, 0.29) is 16.9 Å². The van der Waals surface area contributed by atoms with Gasteiger partial charge in [0.15, 0.2) is 0 Å². The number of halogens is 1. The van der Waals surface area contributed by atoms with E-state index < -0.39 is 10.7 Å². The van der Waals surface area contributed by atoms with E-state index in [4.69, 9.17) is 0 Å². The van der Waals surface area contributed by atoms with Crippen LogP contribution in [-0.2, 0) is 0 Å². The number of benzene rings is 1. The molecule has 104 valence electrons. The molecular formula is C13H18FN3O2. The fourth-order valence-corrected chi connectivity index (χ4v) is 2.44. The molecule has 0 spiro atoms. The highest BCUT2D eigenvalue weighted by molar-refractivity contribution is 5.61. The van der Waals surface area contributed by atoms with Gasteiger partial charge in [0.05, 0.1) is 4.92 Å². The van der Waals surface area contributed by atoms with Crippen molar-refractivity contribution >= 4 is 11.4 Å². The van der Waals surface area contributed by atoms with Crippen LogP contribution >= 0.6 is 0 Å². The summed E-state index contributed by atoms with van der Waals surface area (Å²) in [5, 5.41) is 13.9. The number of rotatable bonds is 5. The topological polar surface area (TPSA) is 58.4 Å². The average molecular weight is 267 g/mol. The Kier molecular flexibility index (Phi) is 3.71. The molecule has 1 saturated carbocycles. The first-order valence-electron chi connectivity index (χ1n) is 6.30. The van der Waals surface area contributed by atoms with Gasteiger partial charge < -0.3 is 10.2 Å². The lowest BCUT2D eigenvalue weighted by Gasteiger charge is -2.47. The number of nitro benzene ring substituents is 1. The monoisotopic (exact) mass is 267 g/mol. The molecule has 0 aromatic heterocycles. The molecule has 0 aliphatic heterocycles. The lowest BCUT2D eigenvalue weighted by molar-refractivity contribution is -0.384. The number of hydrogen-bond acceptors (Lipinski definition) is 4. The number of likely N-dealkylation sites (N-methyl/N-ethyl adjacent to an activating group) is 1. The predicted octanol–water partition coefficient (Wildman–Crippen LogP) is 2.63. The van der Waals surface area contributed by atoms with E-state index in [1.807, 2.05) is 14.1 Å². The largest absolute Gasteiger partial charge is 0.378 e. The Labute approximate surface area is 111 Å². The molecule has 19 heavy (non-hydrogen) atoms. The smallest absolute Gasteiger partial charge is 0.292 e. The van der Waals surface area contributed by atoms with E-state index in [1.165, 1.54) is 12.1 Å². The summed E-state index contributed by atoms with van der Waals surface area (Å²) in [6.07, 6.45) is 3.26. The molecular weight excluding hydrogens is 249 g/mol. The van der Waals surface area contributed by atoms with Gasteiger partial charge in [-0.1, -0.05) is 0 Å². The minimum absolute atomic E-state index is 0.0280. The zero-order valence-corrected chi connectivity index (χ0v) is 11.1. The summed E-state index contributed by atoms with van der Waals surface area (Å²) < 4.78 is 13.2. The summed E-state index contributed by atoms with van der Waals surface area (Å²) >= 11 is 0. The van der Waals surface area contributed by atoms with Gasteiger partial charge in [0.25, 0.3) is 5.69 Å². The lowest BCUT2D eigenvalue weighted by Crippen LogP contribution is -2.54. The van der Waals surface area contributed by atoms with E-state index in [9.17, 15) is 14.5 Å². The van der Waals surface area contributed by atoms with Crippen LogP contribution < -0.4 is 5.32 Å². The molecule has 0 amide bonds. The summed E-state index contributed by atoms with van der Waals surface area (Å²) in [6.45, 7) is 0.588. The van der Waals surface area contributed by atoms with Gasteiger partial charge in [-0.25, -0.2) is 4.39 Å². The van der Waals surface area contributed by atoms with E-state index in [1.54, 1.807) is 0 Å². The molecule has 0 unspecified atom stereocenters. The molecule has 1 aromatic rings. The van der Waals surface area contributed by atoms with Crippen molar-refractivity contribution in [2.24, 2.45) is 0 Å². The summed E-state index contributed by atoms with van der Waals surface area (Å²) in [4.78, 5) is 12.5. The molecule has 0 atom stereocenters. The number of nitrogens with one attached hydrogen (secondary N) is 1. The first-order chi connectivity index (χ1) is 8.94. The fourth-order valence-electron chi connectivity index (χ4n) is 2.44. The third-order valence-corrected chi connectivity index (χ3v) is 4.00. The minimum atomic E-state index is -0.495. The van der Waals surface area contributed by atoms with Crippen LogP contribution in [0.3, 0.4) is 0 Å². The van der Waals surface area contributed by atoms with Crippen molar-refractivity contribution in [3.63, 3.8) is 0 Å². The molecule has 1 N–H and O–H groups in total. The van der Waals surface area contributed by atoms with Gasteiger partial charge in [0.2, 0.25) is 0 Å². The van der Waals surface area contributed by atoms with Crippen molar-refractivity contribution in [1.29, 1.82) is 0 Å². The van der Waals surface area contributed by atoms with Gasteiger partial charge in [-0.3, -0.25) is 10.1 Å². The van der Waals surface area contributed by atoms with Crippen LogP contribution in [-0.4, -0.2) is 36.0 Å². The van der Waals surface area contributed by atoms with Gasteiger partial charge in [-0.05, 0) is 39.4 Å². The van der Waals surface area contributed by atoms with Crippen molar-refractivity contribution in [2.45, 2.75) is 24.8 Å². The molecule has 0 heterocycles. The SMILES string of the molecule is CN(C)C1(CNc2cc(F)ccc2[N+](=O)[O-])CCC1. The molecule has 2 rings (SSSR count). The van der Waals surface area contributed by atoms with Gasteiger partial charge in [0.1, 0.15) is 11.5 Å². The average Bonchev–Trinajstić information content (AvgIpc) is 2.26. The van der Waals surface area contributed by atoms with Crippen molar-refractivity contribution in [2.75, 3.05) is 26.0 Å². The normalized spacial score (nSPS) is 17.1. The Bertz CT molecular complexity index is 487. The first kappa shape index (κ1) is 13.7. The molecule has 1 aliphatic carbocycles. The Morgan fingerprint density at radius 2 is 2.16 bits per heavy atom. The molecule has 1 aromatic carbocycles. The summed E-state index contributed by atoms with van der Waals surface area (Å²) in [6, 6.07) is 3.48. The van der Waals surface area contributed by atoms with Crippen molar-refractivity contribution in [3.8, 4) is 0 Å². The Morgan fingerprint density at radius 1 is 1.47 bits per heavy atom. The summed E-state index contributed by atoms with van der Waals surface area (Å²) in [5.74, 6) is -0.472. The van der Waals surface area contributed by atoms with E-state index in [2.05, 4.69) is 10.2 Å². The molecule has 6 heteroatoms. The van der Waals surface area contributed by atoms with Crippen molar-refractivity contribution in [1.82, 2.24) is 4.90 Å². The van der Waals surface area contributed by atoms with Crippen LogP contribution in [0.2, 0.25) is 0 Å². The summed E-state index contributed by atoms with van der Waals surface area (Å²) in [7, 11) is 4.00. The zero-order chi connectivity index (χ0) is 14.0. The van der Waals surface area contributed by atoms with Crippen LogP contribution in [0.4, 0.5) is 15.8 Å². The number of nitrogens with zero attached hydrogens (tertiary/aromatic N) is 2. The number of nitro groups is 1. The van der Waals surface area contributed by atoms with Gasteiger partial charge in [-0.2, -0.15) is 0 Å². The highest BCUT2D eigenvalue weighted by Crippen LogP contribution is 2.37. The second-order valence-corrected chi connectivity index (χ2v) is 5.24. The second-order valence-electron chi connectivity index (χ2n) is 5.24. The molecule has 0 saturated heterocycles.